The quantitative estimate of drug-likeness (QED) is 0.341. The highest BCUT2D eigenvalue weighted by Gasteiger charge is 2.13. The van der Waals surface area contributed by atoms with Crippen LogP contribution in [-0.4, -0.2) is 33.1 Å². The second-order valence-corrected chi connectivity index (χ2v) is 7.28. The van der Waals surface area contributed by atoms with Crippen LogP contribution in [0.1, 0.15) is 0 Å². The molecule has 0 spiro atoms. The molecule has 0 saturated heterocycles. The zero-order chi connectivity index (χ0) is 21.6. The molecule has 0 heterocycles. The van der Waals surface area contributed by atoms with E-state index in [4.69, 9.17) is 25.6 Å². The van der Waals surface area contributed by atoms with Crippen molar-refractivity contribution in [1.29, 1.82) is 5.26 Å². The van der Waals surface area contributed by atoms with E-state index in [0.717, 1.165) is 12.1 Å². The maximum atomic E-state index is 12.3. The average molecular weight is 438 g/mol. The number of carbonyl (C=O) groups is 1. The van der Waals surface area contributed by atoms with Gasteiger partial charge in [-0.05, 0) is 24.3 Å². The van der Waals surface area contributed by atoms with Gasteiger partial charge in [-0.15, -0.1) is 0 Å². The van der Waals surface area contributed by atoms with Crippen LogP contribution in [0.3, 0.4) is 0 Å². The zero-order valence-corrected chi connectivity index (χ0v) is 16.8. The molecule has 0 aliphatic heterocycles. The molecule has 0 fully saturated rings. The SMILES string of the molecule is COc1cc(N/C=C(/C#N)C(=O)Nc2ccc(S(=O)(=O)O)cc2)c(OC)cc1Cl. The Balaban J connectivity index is 2.20. The first-order valence-corrected chi connectivity index (χ1v) is 9.68. The van der Waals surface area contributed by atoms with E-state index in [0.29, 0.717) is 22.2 Å². The van der Waals surface area contributed by atoms with Crippen LogP contribution in [0.2, 0.25) is 5.02 Å². The summed E-state index contributed by atoms with van der Waals surface area (Å²) in [7, 11) is -1.47. The van der Waals surface area contributed by atoms with Crippen molar-refractivity contribution in [2.75, 3.05) is 24.9 Å². The zero-order valence-electron chi connectivity index (χ0n) is 15.3. The van der Waals surface area contributed by atoms with Gasteiger partial charge < -0.3 is 20.1 Å². The lowest BCUT2D eigenvalue weighted by Gasteiger charge is -2.12. The minimum Gasteiger partial charge on any atom is -0.495 e. The Morgan fingerprint density at radius 1 is 1.17 bits per heavy atom. The first-order chi connectivity index (χ1) is 13.7. The number of nitrogens with zero attached hydrogens (tertiary/aromatic N) is 1. The van der Waals surface area contributed by atoms with Crippen LogP contribution in [0, 0.1) is 11.3 Å². The molecule has 11 heteroatoms. The minimum atomic E-state index is -4.34. The van der Waals surface area contributed by atoms with Crippen molar-refractivity contribution in [1.82, 2.24) is 0 Å². The fraction of sp³-hybridized carbons (Fsp3) is 0.111. The summed E-state index contributed by atoms with van der Waals surface area (Å²) in [5, 5.41) is 14.8. The number of nitriles is 1. The van der Waals surface area contributed by atoms with Gasteiger partial charge in [0.25, 0.3) is 16.0 Å². The van der Waals surface area contributed by atoms with Crippen molar-refractivity contribution in [2.24, 2.45) is 0 Å². The molecule has 0 bridgehead atoms. The number of carbonyl (C=O) groups excluding carboxylic acids is 1. The number of amides is 1. The van der Waals surface area contributed by atoms with Crippen molar-refractivity contribution in [3.8, 4) is 17.6 Å². The molecule has 0 unspecified atom stereocenters. The number of halogens is 1. The molecule has 152 valence electrons. The van der Waals surface area contributed by atoms with E-state index < -0.39 is 16.0 Å². The Morgan fingerprint density at radius 3 is 2.31 bits per heavy atom. The minimum absolute atomic E-state index is 0.231. The first-order valence-electron chi connectivity index (χ1n) is 7.86. The van der Waals surface area contributed by atoms with E-state index in [1.165, 1.54) is 38.6 Å². The molecule has 29 heavy (non-hydrogen) atoms. The number of nitrogens with one attached hydrogen (secondary N) is 2. The Morgan fingerprint density at radius 2 is 1.79 bits per heavy atom. The second-order valence-electron chi connectivity index (χ2n) is 5.45. The number of hydrogen-bond acceptors (Lipinski definition) is 7. The van der Waals surface area contributed by atoms with Crippen molar-refractivity contribution in [3.05, 3.63) is 53.2 Å². The van der Waals surface area contributed by atoms with Crippen molar-refractivity contribution < 1.29 is 27.2 Å². The molecule has 0 aliphatic rings. The highest BCUT2D eigenvalue weighted by atomic mass is 35.5. The Bertz CT molecular complexity index is 1090. The standard InChI is InChI=1S/C18H16ClN3O6S/c1-27-16-8-15(17(28-2)7-14(16)19)21-10-11(9-20)18(23)22-12-3-5-13(6-4-12)29(24,25)26/h3-8,10,21H,1-2H3,(H,22,23)(H,24,25,26)/b11-10-. The van der Waals surface area contributed by atoms with E-state index >= 15 is 0 Å². The number of anilines is 2. The number of benzene rings is 2. The maximum Gasteiger partial charge on any atom is 0.294 e. The van der Waals surface area contributed by atoms with Gasteiger partial charge in [0, 0.05) is 24.0 Å². The Labute approximate surface area is 172 Å². The molecule has 0 aliphatic carbocycles. The normalized spacial score (nSPS) is 11.3. The van der Waals surface area contributed by atoms with Crippen LogP contribution in [0.4, 0.5) is 11.4 Å². The summed E-state index contributed by atoms with van der Waals surface area (Å²) in [6.45, 7) is 0. The van der Waals surface area contributed by atoms with E-state index in [-0.39, 0.29) is 16.2 Å². The van der Waals surface area contributed by atoms with Gasteiger partial charge in [0.2, 0.25) is 0 Å². The van der Waals surface area contributed by atoms with E-state index in [9.17, 15) is 18.5 Å². The number of ether oxygens (including phenoxy) is 2. The molecule has 0 aromatic heterocycles. The summed E-state index contributed by atoms with van der Waals surface area (Å²) in [6, 6.07) is 9.59. The summed E-state index contributed by atoms with van der Waals surface area (Å²) in [5.41, 5.74) is 0.376. The van der Waals surface area contributed by atoms with Gasteiger partial charge in [-0.3, -0.25) is 9.35 Å². The van der Waals surface area contributed by atoms with Crippen LogP contribution in [0.25, 0.3) is 0 Å². The maximum absolute atomic E-state index is 12.3. The van der Waals surface area contributed by atoms with Crippen LogP contribution in [0.15, 0.2) is 53.1 Å². The van der Waals surface area contributed by atoms with Gasteiger partial charge in [0.1, 0.15) is 23.1 Å². The third-order valence-electron chi connectivity index (χ3n) is 3.62. The van der Waals surface area contributed by atoms with Crippen LogP contribution in [0.5, 0.6) is 11.5 Å². The lowest BCUT2D eigenvalue weighted by Crippen LogP contribution is -2.14. The first kappa shape index (κ1) is 22.0. The van der Waals surface area contributed by atoms with Gasteiger partial charge in [-0.1, -0.05) is 11.6 Å². The van der Waals surface area contributed by atoms with E-state index in [1.54, 1.807) is 12.1 Å². The molecular formula is C18H16ClN3O6S. The molecule has 9 nitrogen and oxygen atoms in total. The molecule has 2 aromatic carbocycles. The molecule has 0 saturated carbocycles. The summed E-state index contributed by atoms with van der Waals surface area (Å²) >= 11 is 6.03. The highest BCUT2D eigenvalue weighted by molar-refractivity contribution is 7.85. The summed E-state index contributed by atoms with van der Waals surface area (Å²) in [6.07, 6.45) is 1.17. The lowest BCUT2D eigenvalue weighted by molar-refractivity contribution is -0.112. The number of hydrogen-bond donors (Lipinski definition) is 3. The van der Waals surface area contributed by atoms with Crippen LogP contribution >= 0.6 is 11.6 Å². The molecular weight excluding hydrogens is 422 g/mol. The molecule has 3 N–H and O–H groups in total. The third-order valence-corrected chi connectivity index (χ3v) is 4.78. The van der Waals surface area contributed by atoms with Gasteiger partial charge in [-0.25, -0.2) is 0 Å². The van der Waals surface area contributed by atoms with Crippen molar-refractivity contribution >= 4 is 39.0 Å². The second kappa shape index (κ2) is 9.29. The average Bonchev–Trinajstić information content (AvgIpc) is 2.68. The largest absolute Gasteiger partial charge is 0.495 e. The topological polar surface area (TPSA) is 138 Å². The molecule has 0 radical (unpaired) electrons. The predicted molar refractivity (Wildman–Crippen MR) is 107 cm³/mol. The monoisotopic (exact) mass is 437 g/mol. The summed E-state index contributed by atoms with van der Waals surface area (Å²) in [5.74, 6) is -0.00435. The number of methoxy groups -OCH3 is 2. The van der Waals surface area contributed by atoms with Crippen molar-refractivity contribution in [2.45, 2.75) is 4.90 Å². The fourth-order valence-electron chi connectivity index (χ4n) is 2.18. The summed E-state index contributed by atoms with van der Waals surface area (Å²) < 4.78 is 41.4. The fourth-order valence-corrected chi connectivity index (χ4v) is 2.89. The molecule has 1 amide bonds. The van der Waals surface area contributed by atoms with Crippen LogP contribution < -0.4 is 20.1 Å². The molecule has 2 aromatic rings. The van der Waals surface area contributed by atoms with Gasteiger partial charge >= 0.3 is 0 Å². The predicted octanol–water partition coefficient (Wildman–Crippen LogP) is 3.06. The Kier molecular flexibility index (Phi) is 7.06. The summed E-state index contributed by atoms with van der Waals surface area (Å²) in [4.78, 5) is 12.0. The molecule has 2 rings (SSSR count). The van der Waals surface area contributed by atoms with Gasteiger partial charge in [-0.2, -0.15) is 13.7 Å². The Hall–Kier alpha value is -3.26. The van der Waals surface area contributed by atoms with E-state index in [1.807, 2.05) is 0 Å². The van der Waals surface area contributed by atoms with Crippen molar-refractivity contribution in [3.63, 3.8) is 0 Å². The third kappa shape index (κ3) is 5.61. The molecule has 0 atom stereocenters. The van der Waals surface area contributed by atoms with Gasteiger partial charge in [0.05, 0.1) is 29.8 Å². The smallest absolute Gasteiger partial charge is 0.294 e. The highest BCUT2D eigenvalue weighted by Crippen LogP contribution is 2.35. The van der Waals surface area contributed by atoms with Gasteiger partial charge in [0.15, 0.2) is 0 Å². The lowest BCUT2D eigenvalue weighted by atomic mass is 10.2. The number of rotatable bonds is 7. The van der Waals surface area contributed by atoms with E-state index in [2.05, 4.69) is 10.6 Å². The van der Waals surface area contributed by atoms with Crippen LogP contribution in [-0.2, 0) is 14.9 Å².